The van der Waals surface area contributed by atoms with E-state index in [0.717, 1.165) is 12.0 Å². The van der Waals surface area contributed by atoms with Gasteiger partial charge in [0.2, 0.25) is 0 Å². The van der Waals surface area contributed by atoms with Gasteiger partial charge in [-0.25, -0.2) is 0 Å². The van der Waals surface area contributed by atoms with Gasteiger partial charge >= 0.3 is 0 Å². The van der Waals surface area contributed by atoms with Gasteiger partial charge in [-0.15, -0.1) is 0 Å². The third-order valence-electron chi connectivity index (χ3n) is 4.00. The summed E-state index contributed by atoms with van der Waals surface area (Å²) >= 11 is 0. The highest BCUT2D eigenvalue weighted by Crippen LogP contribution is 2.50. The zero-order valence-corrected chi connectivity index (χ0v) is 11.9. The Labute approximate surface area is 109 Å². The van der Waals surface area contributed by atoms with Crippen molar-refractivity contribution in [1.29, 1.82) is 0 Å². The van der Waals surface area contributed by atoms with Crippen LogP contribution in [0.25, 0.3) is 0 Å². The second-order valence-corrected chi connectivity index (χ2v) is 6.61. The molecule has 1 saturated heterocycles. The monoisotopic (exact) mass is 249 g/mol. The summed E-state index contributed by atoms with van der Waals surface area (Å²) in [5.41, 5.74) is -0.612. The van der Waals surface area contributed by atoms with E-state index in [2.05, 4.69) is 32.7 Å². The van der Waals surface area contributed by atoms with Gasteiger partial charge in [-0.05, 0) is 47.1 Å². The van der Waals surface area contributed by atoms with Crippen LogP contribution in [0, 0.1) is 5.92 Å². The number of rotatable bonds is 2. The second-order valence-electron chi connectivity index (χ2n) is 6.61. The highest BCUT2D eigenvalue weighted by atomic mass is 16.5. The Morgan fingerprint density at radius 2 is 2.06 bits per heavy atom. The minimum Gasteiger partial charge on any atom is -0.385 e. The van der Waals surface area contributed by atoms with Gasteiger partial charge in [-0.1, -0.05) is 6.07 Å². The van der Waals surface area contributed by atoms with Crippen LogP contribution < -0.4 is 0 Å². The Morgan fingerprint density at radius 3 is 2.50 bits per heavy atom. The molecule has 1 aromatic rings. The van der Waals surface area contributed by atoms with E-state index < -0.39 is 5.60 Å². The number of hydrogen-bond donors (Lipinski definition) is 1. The standard InChI is InChI=1S/C15H23NO2/c1-13(2)9-12(14(3,4)18-13)15(5,17)11-7-6-8-16-10-11/h6-8,10,12,17H,9H2,1-5H3. The predicted molar refractivity (Wildman–Crippen MR) is 71.2 cm³/mol. The maximum atomic E-state index is 10.9. The molecule has 1 aromatic heterocycles. The molecule has 0 radical (unpaired) electrons. The molecule has 100 valence electrons. The van der Waals surface area contributed by atoms with Crippen LogP contribution in [0.2, 0.25) is 0 Å². The lowest BCUT2D eigenvalue weighted by molar-refractivity contribution is -0.111. The number of hydrogen-bond acceptors (Lipinski definition) is 3. The first-order chi connectivity index (χ1) is 8.15. The summed E-state index contributed by atoms with van der Waals surface area (Å²) in [5, 5.41) is 10.9. The number of pyridine rings is 1. The van der Waals surface area contributed by atoms with Crippen molar-refractivity contribution in [1.82, 2.24) is 4.98 Å². The number of aliphatic hydroxyl groups is 1. The van der Waals surface area contributed by atoms with E-state index in [0.29, 0.717) is 0 Å². The summed E-state index contributed by atoms with van der Waals surface area (Å²) in [5.74, 6) is 0.0456. The van der Waals surface area contributed by atoms with Crippen LogP contribution in [0.4, 0.5) is 0 Å². The maximum absolute atomic E-state index is 10.9. The second kappa shape index (κ2) is 4.04. The van der Waals surface area contributed by atoms with Crippen LogP contribution in [0.3, 0.4) is 0 Å². The van der Waals surface area contributed by atoms with E-state index in [9.17, 15) is 5.11 Å². The molecule has 3 nitrogen and oxygen atoms in total. The van der Waals surface area contributed by atoms with E-state index in [4.69, 9.17) is 4.74 Å². The quantitative estimate of drug-likeness (QED) is 0.876. The lowest BCUT2D eigenvalue weighted by Crippen LogP contribution is -2.42. The molecule has 0 bridgehead atoms. The molecule has 3 heteroatoms. The third kappa shape index (κ3) is 2.29. The van der Waals surface area contributed by atoms with Crippen LogP contribution in [-0.2, 0) is 10.3 Å². The van der Waals surface area contributed by atoms with Gasteiger partial charge in [0, 0.05) is 23.9 Å². The summed E-state index contributed by atoms with van der Waals surface area (Å²) in [4.78, 5) is 4.11. The molecule has 0 spiro atoms. The average molecular weight is 249 g/mol. The molecule has 0 aromatic carbocycles. The zero-order chi connectivity index (χ0) is 13.6. The third-order valence-corrected chi connectivity index (χ3v) is 4.00. The summed E-state index contributed by atoms with van der Waals surface area (Å²) in [6, 6.07) is 3.78. The summed E-state index contributed by atoms with van der Waals surface area (Å²) in [7, 11) is 0. The molecule has 2 atom stereocenters. The highest BCUT2D eigenvalue weighted by molar-refractivity contribution is 5.21. The molecule has 1 aliphatic heterocycles. The van der Waals surface area contributed by atoms with Crippen LogP contribution in [-0.4, -0.2) is 21.3 Å². The maximum Gasteiger partial charge on any atom is 0.0939 e. The van der Waals surface area contributed by atoms with Crippen molar-refractivity contribution in [2.75, 3.05) is 0 Å². The van der Waals surface area contributed by atoms with E-state index >= 15 is 0 Å². The minimum absolute atomic E-state index is 0.0456. The smallest absolute Gasteiger partial charge is 0.0939 e. The Kier molecular flexibility index (Phi) is 3.03. The fourth-order valence-electron chi connectivity index (χ4n) is 3.30. The number of ether oxygens (including phenoxy) is 1. The summed E-state index contributed by atoms with van der Waals surface area (Å²) in [6.07, 6.45) is 4.29. The highest BCUT2D eigenvalue weighted by Gasteiger charge is 2.53. The lowest BCUT2D eigenvalue weighted by Gasteiger charge is -2.37. The molecular formula is C15H23NO2. The van der Waals surface area contributed by atoms with Crippen molar-refractivity contribution < 1.29 is 9.84 Å². The molecule has 18 heavy (non-hydrogen) atoms. The topological polar surface area (TPSA) is 42.4 Å². The van der Waals surface area contributed by atoms with Crippen molar-refractivity contribution in [2.45, 2.75) is 57.8 Å². The first kappa shape index (κ1) is 13.5. The first-order valence-electron chi connectivity index (χ1n) is 6.48. The van der Waals surface area contributed by atoms with Crippen molar-refractivity contribution in [3.63, 3.8) is 0 Å². The van der Waals surface area contributed by atoms with Gasteiger partial charge in [0.05, 0.1) is 16.8 Å². The first-order valence-corrected chi connectivity index (χ1v) is 6.48. The Morgan fingerprint density at radius 1 is 1.39 bits per heavy atom. The van der Waals surface area contributed by atoms with Gasteiger partial charge in [0.1, 0.15) is 0 Å². The zero-order valence-electron chi connectivity index (χ0n) is 11.9. The van der Waals surface area contributed by atoms with Gasteiger partial charge in [0.15, 0.2) is 0 Å². The fraction of sp³-hybridized carbons (Fsp3) is 0.667. The van der Waals surface area contributed by atoms with Crippen molar-refractivity contribution in [2.24, 2.45) is 5.92 Å². The summed E-state index contributed by atoms with van der Waals surface area (Å²) in [6.45, 7) is 10.1. The Bertz CT molecular complexity index is 423. The molecule has 0 amide bonds. The average Bonchev–Trinajstić information content (AvgIpc) is 2.48. The molecule has 1 N–H and O–H groups in total. The Hall–Kier alpha value is -0.930. The normalized spacial score (nSPS) is 28.9. The van der Waals surface area contributed by atoms with Crippen LogP contribution in [0.1, 0.15) is 46.6 Å². The minimum atomic E-state index is -0.925. The van der Waals surface area contributed by atoms with Gasteiger partial charge < -0.3 is 9.84 Å². The van der Waals surface area contributed by atoms with E-state index in [1.807, 2.05) is 19.1 Å². The van der Waals surface area contributed by atoms with Crippen molar-refractivity contribution in [3.05, 3.63) is 30.1 Å². The Balaban J connectivity index is 2.36. The molecule has 2 unspecified atom stereocenters. The van der Waals surface area contributed by atoms with E-state index in [1.165, 1.54) is 0 Å². The van der Waals surface area contributed by atoms with Crippen LogP contribution >= 0.6 is 0 Å². The molecule has 1 fully saturated rings. The van der Waals surface area contributed by atoms with E-state index in [-0.39, 0.29) is 17.1 Å². The molecule has 1 aliphatic rings. The SMILES string of the molecule is CC1(C)CC(C(C)(O)c2cccnc2)C(C)(C)O1. The number of nitrogens with zero attached hydrogens (tertiary/aromatic N) is 1. The van der Waals surface area contributed by atoms with Crippen molar-refractivity contribution >= 4 is 0 Å². The molecular weight excluding hydrogens is 226 g/mol. The molecule has 0 aliphatic carbocycles. The van der Waals surface area contributed by atoms with Crippen LogP contribution in [0.15, 0.2) is 24.5 Å². The van der Waals surface area contributed by atoms with Gasteiger partial charge in [-0.2, -0.15) is 0 Å². The van der Waals surface area contributed by atoms with Crippen LogP contribution in [0.5, 0.6) is 0 Å². The molecule has 0 saturated carbocycles. The predicted octanol–water partition coefficient (Wildman–Crippen LogP) is 2.88. The molecule has 2 heterocycles. The van der Waals surface area contributed by atoms with E-state index in [1.54, 1.807) is 12.4 Å². The fourth-order valence-corrected chi connectivity index (χ4v) is 3.30. The van der Waals surface area contributed by atoms with Gasteiger partial charge in [0.25, 0.3) is 0 Å². The summed E-state index contributed by atoms with van der Waals surface area (Å²) < 4.78 is 6.08. The van der Waals surface area contributed by atoms with Gasteiger partial charge in [-0.3, -0.25) is 4.98 Å². The lowest BCUT2D eigenvalue weighted by atomic mass is 9.73. The largest absolute Gasteiger partial charge is 0.385 e. The molecule has 2 rings (SSSR count). The number of aromatic nitrogens is 1. The van der Waals surface area contributed by atoms with Crippen molar-refractivity contribution in [3.8, 4) is 0 Å².